The number of carbonyl (C=O) groups is 1. The molecule has 0 spiro atoms. The van der Waals surface area contributed by atoms with Crippen LogP contribution >= 0.6 is 11.3 Å². The van der Waals surface area contributed by atoms with Crippen LogP contribution in [0.15, 0.2) is 47.8 Å². The van der Waals surface area contributed by atoms with E-state index in [0.29, 0.717) is 13.0 Å². The minimum absolute atomic E-state index is 0.0421. The number of nitrogens with one attached hydrogen (secondary N) is 1. The minimum Gasteiger partial charge on any atom is -0.496 e. The topological polar surface area (TPSA) is 38.3 Å². The monoisotopic (exact) mass is 339 g/mol. The fourth-order valence-electron chi connectivity index (χ4n) is 2.79. The number of amides is 1. The van der Waals surface area contributed by atoms with Gasteiger partial charge in [-0.2, -0.15) is 0 Å². The number of thiophene rings is 1. The van der Waals surface area contributed by atoms with Crippen molar-refractivity contribution in [1.82, 2.24) is 5.32 Å². The quantitative estimate of drug-likeness (QED) is 0.734. The van der Waals surface area contributed by atoms with E-state index in [2.05, 4.69) is 35.0 Å². The summed E-state index contributed by atoms with van der Waals surface area (Å²) in [6, 6.07) is 14.3. The molecule has 0 aliphatic carbocycles. The van der Waals surface area contributed by atoms with Crippen molar-refractivity contribution in [3.05, 3.63) is 64.5 Å². The van der Waals surface area contributed by atoms with E-state index < -0.39 is 0 Å². The third-order valence-electron chi connectivity index (χ3n) is 4.11. The second-order valence-corrected chi connectivity index (χ2v) is 6.75. The van der Waals surface area contributed by atoms with Gasteiger partial charge in [0.15, 0.2) is 0 Å². The van der Waals surface area contributed by atoms with E-state index in [4.69, 9.17) is 4.74 Å². The van der Waals surface area contributed by atoms with Gasteiger partial charge in [0.2, 0.25) is 5.91 Å². The number of benzene rings is 2. The lowest BCUT2D eigenvalue weighted by molar-refractivity contribution is -0.120. The summed E-state index contributed by atoms with van der Waals surface area (Å²) < 4.78 is 6.60. The van der Waals surface area contributed by atoms with Gasteiger partial charge in [0.1, 0.15) is 5.75 Å². The fraction of sp³-hybridized carbons (Fsp3) is 0.250. The Balaban J connectivity index is 1.54. The molecule has 0 saturated heterocycles. The van der Waals surface area contributed by atoms with E-state index in [-0.39, 0.29) is 5.91 Å². The van der Waals surface area contributed by atoms with Gasteiger partial charge in [-0.25, -0.2) is 0 Å². The lowest BCUT2D eigenvalue weighted by atomic mass is 10.1. The summed E-state index contributed by atoms with van der Waals surface area (Å²) in [6.07, 6.45) is 1.23. The van der Waals surface area contributed by atoms with Gasteiger partial charge in [0.25, 0.3) is 0 Å². The molecular formula is C20H21NO2S. The molecule has 24 heavy (non-hydrogen) atoms. The molecule has 0 aliphatic rings. The van der Waals surface area contributed by atoms with E-state index in [0.717, 1.165) is 23.3 Å². The number of ether oxygens (including phenoxy) is 1. The van der Waals surface area contributed by atoms with Crippen LogP contribution in [0.5, 0.6) is 5.75 Å². The second-order valence-electron chi connectivity index (χ2n) is 5.84. The standard InChI is InChI=1S/C20H21NO2S/c1-14-7-8-15(11-18(14)23-2)12-20(22)21-10-9-16-13-24-19-6-4-3-5-17(16)19/h3-8,11,13H,9-10,12H2,1-2H3,(H,21,22). The second kappa shape index (κ2) is 7.49. The Hall–Kier alpha value is -2.33. The lowest BCUT2D eigenvalue weighted by Gasteiger charge is -2.08. The highest BCUT2D eigenvalue weighted by atomic mass is 32.1. The molecule has 1 heterocycles. The molecule has 3 nitrogen and oxygen atoms in total. The van der Waals surface area contributed by atoms with Crippen molar-refractivity contribution < 1.29 is 9.53 Å². The Morgan fingerprint density at radius 3 is 2.88 bits per heavy atom. The van der Waals surface area contributed by atoms with Gasteiger partial charge in [0.05, 0.1) is 13.5 Å². The molecule has 124 valence electrons. The molecule has 0 saturated carbocycles. The summed E-state index contributed by atoms with van der Waals surface area (Å²) in [5, 5.41) is 6.48. The van der Waals surface area contributed by atoms with Crippen molar-refractivity contribution in [1.29, 1.82) is 0 Å². The van der Waals surface area contributed by atoms with Gasteiger partial charge in [-0.1, -0.05) is 30.3 Å². The molecule has 0 atom stereocenters. The lowest BCUT2D eigenvalue weighted by Crippen LogP contribution is -2.27. The number of hydrogen-bond acceptors (Lipinski definition) is 3. The van der Waals surface area contributed by atoms with Crippen molar-refractivity contribution in [3.63, 3.8) is 0 Å². The number of rotatable bonds is 6. The van der Waals surface area contributed by atoms with E-state index in [1.807, 2.05) is 25.1 Å². The number of fused-ring (bicyclic) bond motifs is 1. The summed E-state index contributed by atoms with van der Waals surface area (Å²) in [5.41, 5.74) is 3.34. The van der Waals surface area contributed by atoms with Crippen LogP contribution in [0.25, 0.3) is 10.1 Å². The fourth-order valence-corrected chi connectivity index (χ4v) is 3.78. The van der Waals surface area contributed by atoms with Gasteiger partial charge in [-0.15, -0.1) is 11.3 Å². The third kappa shape index (κ3) is 3.77. The molecule has 0 unspecified atom stereocenters. The first-order valence-corrected chi connectivity index (χ1v) is 8.90. The average Bonchev–Trinajstić information content (AvgIpc) is 3.00. The zero-order valence-corrected chi connectivity index (χ0v) is 14.8. The van der Waals surface area contributed by atoms with Gasteiger partial charge in [0, 0.05) is 11.2 Å². The summed E-state index contributed by atoms with van der Waals surface area (Å²) in [4.78, 5) is 12.1. The summed E-state index contributed by atoms with van der Waals surface area (Å²) in [5.74, 6) is 0.866. The van der Waals surface area contributed by atoms with Crippen LogP contribution in [0.1, 0.15) is 16.7 Å². The van der Waals surface area contributed by atoms with E-state index in [9.17, 15) is 4.79 Å². The van der Waals surface area contributed by atoms with Crippen molar-refractivity contribution in [3.8, 4) is 5.75 Å². The number of carbonyl (C=O) groups excluding carboxylic acids is 1. The maximum atomic E-state index is 12.1. The Morgan fingerprint density at radius 1 is 1.21 bits per heavy atom. The zero-order valence-electron chi connectivity index (χ0n) is 14.0. The smallest absolute Gasteiger partial charge is 0.224 e. The first-order valence-electron chi connectivity index (χ1n) is 8.02. The zero-order chi connectivity index (χ0) is 16.9. The molecule has 0 bridgehead atoms. The summed E-state index contributed by atoms with van der Waals surface area (Å²) in [6.45, 7) is 2.65. The Bertz CT molecular complexity index is 854. The highest BCUT2D eigenvalue weighted by molar-refractivity contribution is 7.17. The molecular weight excluding hydrogens is 318 g/mol. The summed E-state index contributed by atoms with van der Waals surface area (Å²) >= 11 is 1.75. The van der Waals surface area contributed by atoms with Crippen LogP contribution in [0.4, 0.5) is 0 Å². The average molecular weight is 339 g/mol. The molecule has 2 aromatic carbocycles. The highest BCUT2D eigenvalue weighted by Crippen LogP contribution is 2.25. The first-order chi connectivity index (χ1) is 11.7. The molecule has 1 aromatic heterocycles. The first kappa shape index (κ1) is 16.5. The van der Waals surface area contributed by atoms with E-state index in [1.54, 1.807) is 18.4 Å². The Kier molecular flexibility index (Phi) is 5.16. The third-order valence-corrected chi connectivity index (χ3v) is 5.13. The van der Waals surface area contributed by atoms with Crippen LogP contribution in [0.2, 0.25) is 0 Å². The predicted octanol–water partition coefficient (Wildman–Crippen LogP) is 4.12. The van der Waals surface area contributed by atoms with E-state index >= 15 is 0 Å². The molecule has 0 radical (unpaired) electrons. The van der Waals surface area contributed by atoms with E-state index in [1.165, 1.54) is 15.6 Å². The maximum absolute atomic E-state index is 12.1. The van der Waals surface area contributed by atoms with Crippen LogP contribution in [-0.2, 0) is 17.6 Å². The summed E-state index contributed by atoms with van der Waals surface area (Å²) in [7, 11) is 1.65. The van der Waals surface area contributed by atoms with Crippen molar-refractivity contribution in [2.75, 3.05) is 13.7 Å². The number of aryl methyl sites for hydroxylation is 1. The van der Waals surface area contributed by atoms with Gasteiger partial charge >= 0.3 is 0 Å². The maximum Gasteiger partial charge on any atom is 0.224 e. The Labute approximate surface area is 146 Å². The molecule has 0 fully saturated rings. The largest absolute Gasteiger partial charge is 0.496 e. The van der Waals surface area contributed by atoms with Crippen LogP contribution in [-0.4, -0.2) is 19.6 Å². The Morgan fingerprint density at radius 2 is 2.04 bits per heavy atom. The molecule has 1 N–H and O–H groups in total. The van der Waals surface area contributed by atoms with Crippen molar-refractivity contribution >= 4 is 27.3 Å². The SMILES string of the molecule is COc1cc(CC(=O)NCCc2csc3ccccc23)ccc1C. The van der Waals surface area contributed by atoms with Crippen LogP contribution in [0.3, 0.4) is 0 Å². The molecule has 4 heteroatoms. The highest BCUT2D eigenvalue weighted by Gasteiger charge is 2.07. The number of hydrogen-bond donors (Lipinski definition) is 1. The van der Waals surface area contributed by atoms with Gasteiger partial charge in [-0.05, 0) is 52.9 Å². The van der Waals surface area contributed by atoms with Gasteiger partial charge in [-0.3, -0.25) is 4.79 Å². The minimum atomic E-state index is 0.0421. The van der Waals surface area contributed by atoms with Gasteiger partial charge < -0.3 is 10.1 Å². The number of methoxy groups -OCH3 is 1. The molecule has 1 amide bonds. The predicted molar refractivity (Wildman–Crippen MR) is 100.0 cm³/mol. The van der Waals surface area contributed by atoms with Crippen molar-refractivity contribution in [2.24, 2.45) is 0 Å². The normalized spacial score (nSPS) is 10.8. The van der Waals surface area contributed by atoms with Crippen LogP contribution < -0.4 is 10.1 Å². The molecule has 3 rings (SSSR count). The van der Waals surface area contributed by atoms with Crippen molar-refractivity contribution in [2.45, 2.75) is 19.8 Å². The van der Waals surface area contributed by atoms with Crippen LogP contribution in [0, 0.1) is 6.92 Å². The molecule has 0 aliphatic heterocycles. The molecule has 3 aromatic rings.